The largest absolute Gasteiger partial charge is 0.493 e. The van der Waals surface area contributed by atoms with Gasteiger partial charge in [0.2, 0.25) is 0 Å². The molecular weight excluding hydrogens is 369 g/mol. The van der Waals surface area contributed by atoms with Gasteiger partial charge in [-0.25, -0.2) is 4.79 Å². The third kappa shape index (κ3) is 5.01. The van der Waals surface area contributed by atoms with Crippen molar-refractivity contribution in [2.45, 2.75) is 0 Å². The number of rotatable bonds is 6. The first-order chi connectivity index (χ1) is 11.9. The molecule has 0 aliphatic heterocycles. The number of anilines is 1. The highest BCUT2D eigenvalue weighted by molar-refractivity contribution is 6.35. The van der Waals surface area contributed by atoms with Crippen LogP contribution in [0.15, 0.2) is 36.4 Å². The van der Waals surface area contributed by atoms with E-state index < -0.39 is 18.5 Å². The van der Waals surface area contributed by atoms with E-state index in [-0.39, 0.29) is 11.3 Å². The molecule has 2 aromatic rings. The molecule has 0 atom stereocenters. The molecule has 0 spiro atoms. The van der Waals surface area contributed by atoms with Crippen molar-refractivity contribution in [2.75, 3.05) is 26.1 Å². The van der Waals surface area contributed by atoms with Gasteiger partial charge in [0.15, 0.2) is 18.1 Å². The first-order valence-electron chi connectivity index (χ1n) is 7.08. The number of carbonyl (C=O) groups excluding carboxylic acids is 2. The second-order valence-electron chi connectivity index (χ2n) is 4.82. The summed E-state index contributed by atoms with van der Waals surface area (Å²) in [5, 5.41) is 3.29. The van der Waals surface area contributed by atoms with E-state index in [2.05, 4.69) is 5.32 Å². The molecule has 2 rings (SSSR count). The second kappa shape index (κ2) is 8.60. The van der Waals surface area contributed by atoms with E-state index in [0.29, 0.717) is 21.5 Å². The van der Waals surface area contributed by atoms with Crippen molar-refractivity contribution in [3.8, 4) is 11.5 Å². The van der Waals surface area contributed by atoms with Gasteiger partial charge >= 0.3 is 5.97 Å². The second-order valence-corrected chi connectivity index (χ2v) is 5.70. The average Bonchev–Trinajstić information content (AvgIpc) is 2.57. The molecule has 0 aliphatic carbocycles. The van der Waals surface area contributed by atoms with Crippen LogP contribution in [-0.4, -0.2) is 32.7 Å². The van der Waals surface area contributed by atoms with Crippen LogP contribution in [0, 0.1) is 0 Å². The molecule has 0 radical (unpaired) electrons. The summed E-state index contributed by atoms with van der Waals surface area (Å²) in [5.41, 5.74) is 0.554. The number of carbonyl (C=O) groups is 2. The summed E-state index contributed by atoms with van der Waals surface area (Å²) in [5.74, 6) is -0.629. The molecular formula is C17H15Cl2NO5. The molecule has 0 saturated carbocycles. The van der Waals surface area contributed by atoms with Crippen molar-refractivity contribution < 1.29 is 23.8 Å². The Balaban J connectivity index is 2.01. The molecule has 1 amide bonds. The molecule has 2 aromatic carbocycles. The molecule has 0 bridgehead atoms. The molecule has 25 heavy (non-hydrogen) atoms. The lowest BCUT2D eigenvalue weighted by Gasteiger charge is -2.12. The third-order valence-corrected chi connectivity index (χ3v) is 3.54. The number of amides is 1. The summed E-state index contributed by atoms with van der Waals surface area (Å²) in [4.78, 5) is 24.1. The summed E-state index contributed by atoms with van der Waals surface area (Å²) >= 11 is 11.7. The lowest BCUT2D eigenvalue weighted by Crippen LogP contribution is -2.21. The number of hydrogen-bond donors (Lipinski definition) is 1. The molecule has 0 fully saturated rings. The van der Waals surface area contributed by atoms with E-state index >= 15 is 0 Å². The van der Waals surface area contributed by atoms with Crippen molar-refractivity contribution in [3.05, 3.63) is 52.0 Å². The zero-order valence-corrected chi connectivity index (χ0v) is 15.0. The van der Waals surface area contributed by atoms with Crippen LogP contribution in [0.5, 0.6) is 11.5 Å². The SMILES string of the molecule is COc1cccc(C(=O)OCC(=O)Nc2cc(Cl)cc(Cl)c2)c1OC. The predicted octanol–water partition coefficient (Wildman–Crippen LogP) is 3.81. The summed E-state index contributed by atoms with van der Waals surface area (Å²) in [7, 11) is 2.86. The minimum absolute atomic E-state index is 0.153. The van der Waals surface area contributed by atoms with Gasteiger partial charge in [0.05, 0.1) is 14.2 Å². The minimum atomic E-state index is -0.713. The van der Waals surface area contributed by atoms with E-state index in [1.54, 1.807) is 12.1 Å². The monoisotopic (exact) mass is 383 g/mol. The summed E-state index contributed by atoms with van der Waals surface area (Å²) in [6.07, 6.45) is 0. The highest BCUT2D eigenvalue weighted by atomic mass is 35.5. The standard InChI is InChI=1S/C17H15Cl2NO5/c1-23-14-5-3-4-13(16(14)24-2)17(22)25-9-15(21)20-12-7-10(18)6-11(19)8-12/h3-8H,9H2,1-2H3,(H,20,21). The highest BCUT2D eigenvalue weighted by Gasteiger charge is 2.18. The number of methoxy groups -OCH3 is 2. The number of nitrogens with one attached hydrogen (secondary N) is 1. The Morgan fingerprint density at radius 1 is 1.04 bits per heavy atom. The molecule has 6 nitrogen and oxygen atoms in total. The van der Waals surface area contributed by atoms with Gasteiger partial charge in [-0.2, -0.15) is 0 Å². The number of halogens is 2. The lowest BCUT2D eigenvalue weighted by atomic mass is 10.2. The fourth-order valence-corrected chi connectivity index (χ4v) is 2.61. The Labute approximate surface area is 154 Å². The third-order valence-electron chi connectivity index (χ3n) is 3.10. The normalized spacial score (nSPS) is 10.1. The van der Waals surface area contributed by atoms with Crippen molar-refractivity contribution >= 4 is 40.8 Å². The fourth-order valence-electron chi connectivity index (χ4n) is 2.08. The zero-order chi connectivity index (χ0) is 18.4. The molecule has 8 heteroatoms. The van der Waals surface area contributed by atoms with Crippen LogP contribution >= 0.6 is 23.2 Å². The predicted molar refractivity (Wildman–Crippen MR) is 94.9 cm³/mol. The van der Waals surface area contributed by atoms with E-state index in [0.717, 1.165) is 0 Å². The van der Waals surface area contributed by atoms with E-state index in [1.165, 1.54) is 38.5 Å². The van der Waals surface area contributed by atoms with Gasteiger partial charge in [0, 0.05) is 15.7 Å². The summed E-state index contributed by atoms with van der Waals surface area (Å²) in [6, 6.07) is 9.36. The van der Waals surface area contributed by atoms with Crippen LogP contribution in [0.3, 0.4) is 0 Å². The maximum Gasteiger partial charge on any atom is 0.342 e. The first-order valence-corrected chi connectivity index (χ1v) is 7.84. The van der Waals surface area contributed by atoms with Crippen molar-refractivity contribution in [3.63, 3.8) is 0 Å². The molecule has 1 N–H and O–H groups in total. The molecule has 0 heterocycles. The summed E-state index contributed by atoms with van der Waals surface area (Å²) in [6.45, 7) is -0.483. The Bertz CT molecular complexity index is 774. The van der Waals surface area contributed by atoms with Crippen LogP contribution in [0.1, 0.15) is 10.4 Å². The van der Waals surface area contributed by atoms with Crippen molar-refractivity contribution in [2.24, 2.45) is 0 Å². The molecule has 0 aliphatic rings. The fraction of sp³-hybridized carbons (Fsp3) is 0.176. The summed E-state index contributed by atoms with van der Waals surface area (Å²) < 4.78 is 15.3. The van der Waals surface area contributed by atoms with Crippen LogP contribution in [0.4, 0.5) is 5.69 Å². The smallest absolute Gasteiger partial charge is 0.342 e. The Morgan fingerprint density at radius 2 is 1.72 bits per heavy atom. The highest BCUT2D eigenvalue weighted by Crippen LogP contribution is 2.31. The van der Waals surface area contributed by atoms with Gasteiger partial charge in [-0.1, -0.05) is 29.3 Å². The molecule has 0 aromatic heterocycles. The Kier molecular flexibility index (Phi) is 6.50. The van der Waals surface area contributed by atoms with Crippen LogP contribution < -0.4 is 14.8 Å². The first kappa shape index (κ1) is 18.9. The minimum Gasteiger partial charge on any atom is -0.493 e. The van der Waals surface area contributed by atoms with E-state index in [9.17, 15) is 9.59 Å². The maximum absolute atomic E-state index is 12.2. The van der Waals surface area contributed by atoms with Gasteiger partial charge in [-0.05, 0) is 30.3 Å². The molecule has 0 unspecified atom stereocenters. The number of ether oxygens (including phenoxy) is 3. The quantitative estimate of drug-likeness (QED) is 0.767. The maximum atomic E-state index is 12.2. The Hall–Kier alpha value is -2.44. The van der Waals surface area contributed by atoms with Crippen LogP contribution in [0.2, 0.25) is 10.0 Å². The van der Waals surface area contributed by atoms with Gasteiger partial charge in [0.1, 0.15) is 5.56 Å². The van der Waals surface area contributed by atoms with Gasteiger partial charge in [-0.15, -0.1) is 0 Å². The van der Waals surface area contributed by atoms with E-state index in [4.69, 9.17) is 37.4 Å². The van der Waals surface area contributed by atoms with Gasteiger partial charge < -0.3 is 19.5 Å². The molecule has 132 valence electrons. The number of benzene rings is 2. The van der Waals surface area contributed by atoms with Gasteiger partial charge in [-0.3, -0.25) is 4.79 Å². The van der Waals surface area contributed by atoms with Crippen LogP contribution in [-0.2, 0) is 9.53 Å². The zero-order valence-electron chi connectivity index (χ0n) is 13.5. The van der Waals surface area contributed by atoms with E-state index in [1.807, 2.05) is 0 Å². The average molecular weight is 384 g/mol. The van der Waals surface area contributed by atoms with Crippen LogP contribution in [0.25, 0.3) is 0 Å². The number of hydrogen-bond acceptors (Lipinski definition) is 5. The number of para-hydroxylation sites is 1. The van der Waals surface area contributed by atoms with Crippen molar-refractivity contribution in [1.82, 2.24) is 0 Å². The van der Waals surface area contributed by atoms with Crippen molar-refractivity contribution in [1.29, 1.82) is 0 Å². The van der Waals surface area contributed by atoms with Gasteiger partial charge in [0.25, 0.3) is 5.91 Å². The number of esters is 1. The Morgan fingerprint density at radius 3 is 2.32 bits per heavy atom. The molecule has 0 saturated heterocycles. The topological polar surface area (TPSA) is 73.9 Å². The lowest BCUT2D eigenvalue weighted by molar-refractivity contribution is -0.119.